The van der Waals surface area contributed by atoms with Gasteiger partial charge in [0, 0.05) is 4.90 Å². The fourth-order valence-corrected chi connectivity index (χ4v) is 1.83. The van der Waals surface area contributed by atoms with Gasteiger partial charge >= 0.3 is 0 Å². The average molecular weight is 231 g/mol. The van der Waals surface area contributed by atoms with Crippen molar-refractivity contribution in [3.05, 3.63) is 48.2 Å². The first-order valence-electron chi connectivity index (χ1n) is 4.43. The van der Waals surface area contributed by atoms with E-state index < -0.39 is 5.82 Å². The average Bonchev–Trinajstić information content (AvgIpc) is 2.33. The number of halogens is 1. The lowest BCUT2D eigenvalue weighted by Gasteiger charge is -2.00. The van der Waals surface area contributed by atoms with Crippen molar-refractivity contribution < 1.29 is 4.39 Å². The van der Waals surface area contributed by atoms with Gasteiger partial charge in [-0.05, 0) is 24.3 Å². The van der Waals surface area contributed by atoms with Crippen LogP contribution in [0.3, 0.4) is 0 Å². The molecule has 0 atom stereocenters. The van der Waals surface area contributed by atoms with E-state index in [4.69, 9.17) is 5.26 Å². The summed E-state index contributed by atoms with van der Waals surface area (Å²) >= 11 is 1.20. The van der Waals surface area contributed by atoms with Crippen LogP contribution in [-0.4, -0.2) is 9.97 Å². The van der Waals surface area contributed by atoms with E-state index in [1.54, 1.807) is 24.3 Å². The molecule has 1 aromatic carbocycles. The van der Waals surface area contributed by atoms with Crippen LogP contribution >= 0.6 is 11.8 Å². The van der Waals surface area contributed by atoms with Crippen molar-refractivity contribution in [2.24, 2.45) is 0 Å². The van der Waals surface area contributed by atoms with Crippen LogP contribution in [0.15, 0.2) is 46.7 Å². The summed E-state index contributed by atoms with van der Waals surface area (Å²) in [6.07, 6.45) is 2.42. The Hall–Kier alpha value is -1.93. The molecular weight excluding hydrogens is 225 g/mol. The molecule has 5 heteroatoms. The van der Waals surface area contributed by atoms with Gasteiger partial charge in [-0.15, -0.1) is 0 Å². The van der Waals surface area contributed by atoms with Gasteiger partial charge in [0.25, 0.3) is 0 Å². The second-order valence-corrected chi connectivity index (χ2v) is 3.98. The molecule has 0 radical (unpaired) electrons. The molecule has 3 nitrogen and oxygen atoms in total. The van der Waals surface area contributed by atoms with Gasteiger partial charge in [-0.1, -0.05) is 11.8 Å². The Morgan fingerprint density at radius 1 is 1.25 bits per heavy atom. The predicted molar refractivity (Wildman–Crippen MR) is 57.3 cm³/mol. The van der Waals surface area contributed by atoms with E-state index in [0.717, 1.165) is 11.1 Å². The van der Waals surface area contributed by atoms with Crippen molar-refractivity contribution in [3.63, 3.8) is 0 Å². The van der Waals surface area contributed by atoms with Crippen LogP contribution in [-0.2, 0) is 0 Å². The Bertz CT molecular complexity index is 534. The zero-order chi connectivity index (χ0) is 11.4. The van der Waals surface area contributed by atoms with Crippen molar-refractivity contribution in [3.8, 4) is 6.07 Å². The summed E-state index contributed by atoms with van der Waals surface area (Å²) in [5, 5.41) is 8.90. The normalized spacial score (nSPS) is 9.75. The van der Waals surface area contributed by atoms with Gasteiger partial charge in [0.2, 0.25) is 0 Å². The number of hydrogen-bond acceptors (Lipinski definition) is 4. The maximum atomic E-state index is 13.2. The van der Waals surface area contributed by atoms with Crippen molar-refractivity contribution >= 4 is 11.8 Å². The molecule has 0 spiro atoms. The minimum atomic E-state index is -0.447. The number of nitriles is 1. The number of nitrogens with zero attached hydrogens (tertiary/aromatic N) is 3. The summed E-state index contributed by atoms with van der Waals surface area (Å²) in [6.45, 7) is 0. The van der Waals surface area contributed by atoms with E-state index in [1.165, 1.54) is 18.1 Å². The third-order valence-corrected chi connectivity index (χ3v) is 2.83. The molecule has 0 amide bonds. The van der Waals surface area contributed by atoms with Gasteiger partial charge in [0.15, 0.2) is 5.82 Å². The first-order valence-corrected chi connectivity index (χ1v) is 5.25. The molecular formula is C11H6FN3S. The molecule has 0 N–H and O–H groups in total. The van der Waals surface area contributed by atoms with Gasteiger partial charge in [-0.25, -0.2) is 14.4 Å². The van der Waals surface area contributed by atoms with E-state index in [9.17, 15) is 4.39 Å². The highest BCUT2D eigenvalue weighted by atomic mass is 32.2. The zero-order valence-corrected chi connectivity index (χ0v) is 8.91. The molecule has 16 heavy (non-hydrogen) atoms. The fourth-order valence-electron chi connectivity index (χ4n) is 1.09. The summed E-state index contributed by atoms with van der Waals surface area (Å²) in [4.78, 5) is 8.23. The highest BCUT2D eigenvalue weighted by Gasteiger charge is 2.05. The Labute approximate surface area is 96.0 Å². The van der Waals surface area contributed by atoms with Crippen LogP contribution < -0.4 is 0 Å². The molecule has 1 heterocycles. The molecule has 0 aliphatic carbocycles. The lowest BCUT2D eigenvalue weighted by atomic mass is 10.2. The van der Waals surface area contributed by atoms with Gasteiger partial charge < -0.3 is 0 Å². The molecule has 0 saturated heterocycles. The molecule has 0 bridgehead atoms. The number of benzene rings is 1. The molecule has 0 aliphatic heterocycles. The Morgan fingerprint density at radius 3 is 2.62 bits per heavy atom. The van der Waals surface area contributed by atoms with Crippen molar-refractivity contribution in [2.45, 2.75) is 9.92 Å². The van der Waals surface area contributed by atoms with Gasteiger partial charge in [0.1, 0.15) is 11.4 Å². The minimum Gasteiger partial charge on any atom is -0.242 e. The fraction of sp³-hybridized carbons (Fsp3) is 0. The first kappa shape index (κ1) is 10.6. The van der Waals surface area contributed by atoms with Gasteiger partial charge in [-0.3, -0.25) is 0 Å². The summed E-state index contributed by atoms with van der Waals surface area (Å²) in [5.41, 5.74) is 0.576. The lowest BCUT2D eigenvalue weighted by Crippen LogP contribution is -1.87. The maximum Gasteiger partial charge on any atom is 0.174 e. The highest BCUT2D eigenvalue weighted by molar-refractivity contribution is 7.99. The summed E-state index contributed by atoms with van der Waals surface area (Å²) in [5.74, 6) is -0.447. The molecule has 2 rings (SSSR count). The molecule has 0 unspecified atom stereocenters. The zero-order valence-electron chi connectivity index (χ0n) is 8.09. The van der Waals surface area contributed by atoms with Crippen LogP contribution in [0.25, 0.3) is 0 Å². The number of aromatic nitrogens is 2. The quantitative estimate of drug-likeness (QED) is 0.745. The summed E-state index contributed by atoms with van der Waals surface area (Å²) in [7, 11) is 0. The Balaban J connectivity index is 2.22. The lowest BCUT2D eigenvalue weighted by molar-refractivity contribution is 0.579. The van der Waals surface area contributed by atoms with E-state index in [2.05, 4.69) is 9.97 Å². The van der Waals surface area contributed by atoms with E-state index in [1.807, 2.05) is 6.07 Å². The van der Waals surface area contributed by atoms with Gasteiger partial charge in [-0.2, -0.15) is 5.26 Å². The summed E-state index contributed by atoms with van der Waals surface area (Å²) < 4.78 is 13.2. The first-order chi connectivity index (χ1) is 7.79. The van der Waals surface area contributed by atoms with Crippen LogP contribution in [0.1, 0.15) is 5.56 Å². The van der Waals surface area contributed by atoms with E-state index >= 15 is 0 Å². The van der Waals surface area contributed by atoms with E-state index in [0.29, 0.717) is 5.56 Å². The third kappa shape index (κ3) is 2.35. The maximum absolute atomic E-state index is 13.2. The smallest absolute Gasteiger partial charge is 0.174 e. The monoisotopic (exact) mass is 231 g/mol. The number of rotatable bonds is 2. The molecule has 0 saturated carbocycles. The Morgan fingerprint density at radius 2 is 2.00 bits per heavy atom. The van der Waals surface area contributed by atoms with Crippen molar-refractivity contribution in [1.29, 1.82) is 5.26 Å². The molecule has 1 aromatic heterocycles. The SMILES string of the molecule is N#Cc1ccc(Sc2ncncc2F)cc1. The molecule has 0 aliphatic rings. The molecule has 0 fully saturated rings. The highest BCUT2D eigenvalue weighted by Crippen LogP contribution is 2.27. The number of hydrogen-bond donors (Lipinski definition) is 0. The van der Waals surface area contributed by atoms with E-state index in [-0.39, 0.29) is 5.03 Å². The largest absolute Gasteiger partial charge is 0.242 e. The van der Waals surface area contributed by atoms with Crippen LogP contribution in [0.5, 0.6) is 0 Å². The predicted octanol–water partition coefficient (Wildman–Crippen LogP) is 2.64. The van der Waals surface area contributed by atoms with Crippen molar-refractivity contribution in [2.75, 3.05) is 0 Å². The van der Waals surface area contributed by atoms with Crippen LogP contribution in [0.4, 0.5) is 4.39 Å². The standard InChI is InChI=1S/C11H6FN3S/c12-10-6-14-7-15-11(10)16-9-3-1-8(5-13)2-4-9/h1-4,6-7H. The third-order valence-electron chi connectivity index (χ3n) is 1.83. The minimum absolute atomic E-state index is 0.278. The molecule has 78 valence electrons. The van der Waals surface area contributed by atoms with Crippen molar-refractivity contribution in [1.82, 2.24) is 9.97 Å². The molecule has 2 aromatic rings. The van der Waals surface area contributed by atoms with Gasteiger partial charge in [0.05, 0.1) is 17.8 Å². The second kappa shape index (κ2) is 4.73. The second-order valence-electron chi connectivity index (χ2n) is 2.91. The summed E-state index contributed by atoms with van der Waals surface area (Å²) in [6, 6.07) is 8.89. The topological polar surface area (TPSA) is 49.6 Å². The van der Waals surface area contributed by atoms with Crippen LogP contribution in [0, 0.1) is 17.1 Å². The van der Waals surface area contributed by atoms with Crippen LogP contribution in [0.2, 0.25) is 0 Å². The Kier molecular flexibility index (Phi) is 3.13.